The van der Waals surface area contributed by atoms with Gasteiger partial charge in [0.15, 0.2) is 0 Å². The van der Waals surface area contributed by atoms with Crippen LogP contribution in [-0.4, -0.2) is 36.7 Å². The van der Waals surface area contributed by atoms with Gasteiger partial charge in [-0.3, -0.25) is 9.59 Å². The fourth-order valence-corrected chi connectivity index (χ4v) is 4.07. The normalized spacial score (nSPS) is 14.9. The molecule has 1 aliphatic rings. The molecular formula is C22H28N4O2S. The number of nitrogens with two attached hydrogens (primary N) is 1. The van der Waals surface area contributed by atoms with Crippen molar-refractivity contribution in [3.05, 3.63) is 48.5 Å². The molecule has 2 amide bonds. The molecule has 0 saturated carbocycles. The van der Waals surface area contributed by atoms with Gasteiger partial charge in [-0.15, -0.1) is 11.8 Å². The zero-order chi connectivity index (χ0) is 20.6. The predicted octanol–water partition coefficient (Wildman–Crippen LogP) is 3.69. The number of benzene rings is 2. The van der Waals surface area contributed by atoms with Gasteiger partial charge in [0.2, 0.25) is 11.8 Å². The quantitative estimate of drug-likeness (QED) is 0.576. The molecule has 1 heterocycles. The van der Waals surface area contributed by atoms with Crippen molar-refractivity contribution < 1.29 is 9.59 Å². The predicted molar refractivity (Wildman–Crippen MR) is 121 cm³/mol. The van der Waals surface area contributed by atoms with Crippen molar-refractivity contribution in [2.24, 2.45) is 5.73 Å². The Bertz CT molecular complexity index is 835. The Morgan fingerprint density at radius 3 is 2.45 bits per heavy atom. The maximum atomic E-state index is 12.6. The molecule has 4 N–H and O–H groups in total. The first-order chi connectivity index (χ1) is 14.0. The van der Waals surface area contributed by atoms with E-state index < -0.39 is 6.04 Å². The van der Waals surface area contributed by atoms with Crippen LogP contribution >= 0.6 is 11.8 Å². The summed E-state index contributed by atoms with van der Waals surface area (Å²) in [6.07, 6.45) is 3.78. The molecule has 154 valence electrons. The fourth-order valence-electron chi connectivity index (χ4n) is 3.32. The van der Waals surface area contributed by atoms with E-state index in [9.17, 15) is 9.59 Å². The summed E-state index contributed by atoms with van der Waals surface area (Å²) in [5, 5.41) is 6.18. The van der Waals surface area contributed by atoms with Gasteiger partial charge in [0.1, 0.15) is 6.04 Å². The monoisotopic (exact) mass is 412 g/mol. The molecule has 1 aliphatic heterocycles. The lowest BCUT2D eigenvalue weighted by molar-refractivity contribution is -0.117. The van der Waals surface area contributed by atoms with Gasteiger partial charge in [-0.25, -0.2) is 0 Å². The van der Waals surface area contributed by atoms with Gasteiger partial charge in [-0.05, 0) is 62.6 Å². The minimum atomic E-state index is -0.438. The molecule has 1 fully saturated rings. The number of piperidine rings is 1. The van der Waals surface area contributed by atoms with Gasteiger partial charge >= 0.3 is 0 Å². The molecule has 1 atom stereocenters. The summed E-state index contributed by atoms with van der Waals surface area (Å²) in [5.41, 5.74) is 8.03. The van der Waals surface area contributed by atoms with Crippen LogP contribution in [0.25, 0.3) is 0 Å². The van der Waals surface area contributed by atoms with Crippen LogP contribution in [0.3, 0.4) is 0 Å². The number of nitrogens with zero attached hydrogens (tertiary/aromatic N) is 1. The molecule has 29 heavy (non-hydrogen) atoms. The number of nitrogens with one attached hydrogen (secondary N) is 2. The summed E-state index contributed by atoms with van der Waals surface area (Å²) < 4.78 is 0. The molecule has 3 rings (SSSR count). The second-order valence-corrected chi connectivity index (χ2v) is 8.22. The molecule has 0 aromatic heterocycles. The fraction of sp³-hybridized carbons (Fsp3) is 0.364. The number of amides is 2. The first-order valence-corrected chi connectivity index (χ1v) is 10.9. The molecule has 0 spiro atoms. The smallest absolute Gasteiger partial charge is 0.246 e. The van der Waals surface area contributed by atoms with E-state index in [2.05, 4.69) is 27.7 Å². The molecule has 0 bridgehead atoms. The third-order valence-electron chi connectivity index (χ3n) is 4.88. The van der Waals surface area contributed by atoms with E-state index in [-0.39, 0.29) is 17.6 Å². The SMILES string of the molecule is C[C@H](Nc1ccccc1SCC(N)=O)C(=O)Nc1ccc(N2CCCCC2)cc1. The van der Waals surface area contributed by atoms with Crippen LogP contribution in [0.15, 0.2) is 53.4 Å². The Morgan fingerprint density at radius 2 is 1.76 bits per heavy atom. The molecule has 2 aromatic rings. The lowest BCUT2D eigenvalue weighted by Crippen LogP contribution is -2.32. The maximum absolute atomic E-state index is 12.6. The highest BCUT2D eigenvalue weighted by Crippen LogP contribution is 2.27. The van der Waals surface area contributed by atoms with Gasteiger partial charge in [0, 0.05) is 35.0 Å². The first kappa shape index (κ1) is 21.0. The minimum absolute atomic E-state index is 0.120. The first-order valence-electron chi connectivity index (χ1n) is 9.95. The summed E-state index contributed by atoms with van der Waals surface area (Å²) in [6, 6.07) is 15.2. The van der Waals surface area contributed by atoms with Crippen LogP contribution < -0.4 is 21.3 Å². The van der Waals surface area contributed by atoms with Gasteiger partial charge in [-0.1, -0.05) is 12.1 Å². The lowest BCUT2D eigenvalue weighted by atomic mass is 10.1. The van der Waals surface area contributed by atoms with E-state index >= 15 is 0 Å². The van der Waals surface area contributed by atoms with E-state index in [1.165, 1.54) is 36.7 Å². The summed E-state index contributed by atoms with van der Waals surface area (Å²) in [7, 11) is 0. The highest BCUT2D eigenvalue weighted by Gasteiger charge is 2.16. The van der Waals surface area contributed by atoms with Crippen molar-refractivity contribution in [3.8, 4) is 0 Å². The third-order valence-corrected chi connectivity index (χ3v) is 5.97. The molecule has 2 aromatic carbocycles. The Labute approximate surface area is 176 Å². The van der Waals surface area contributed by atoms with E-state index in [4.69, 9.17) is 5.73 Å². The number of carbonyl (C=O) groups excluding carboxylic acids is 2. The van der Waals surface area contributed by atoms with Crippen molar-refractivity contribution in [1.82, 2.24) is 0 Å². The molecule has 0 aliphatic carbocycles. The van der Waals surface area contributed by atoms with E-state index in [0.29, 0.717) is 0 Å². The van der Waals surface area contributed by atoms with Crippen molar-refractivity contribution in [2.45, 2.75) is 37.1 Å². The number of rotatable bonds is 8. The van der Waals surface area contributed by atoms with Crippen LogP contribution in [0.5, 0.6) is 0 Å². The molecule has 0 radical (unpaired) electrons. The summed E-state index contributed by atoms with van der Waals surface area (Å²) in [6.45, 7) is 4.01. The van der Waals surface area contributed by atoms with Crippen LogP contribution in [0.4, 0.5) is 17.1 Å². The number of thioether (sulfide) groups is 1. The van der Waals surface area contributed by atoms with Crippen LogP contribution in [-0.2, 0) is 9.59 Å². The number of carbonyl (C=O) groups is 2. The molecule has 6 nitrogen and oxygen atoms in total. The second-order valence-electron chi connectivity index (χ2n) is 7.20. The van der Waals surface area contributed by atoms with Crippen LogP contribution in [0.1, 0.15) is 26.2 Å². The van der Waals surface area contributed by atoms with E-state index in [1.54, 1.807) is 0 Å². The van der Waals surface area contributed by atoms with Crippen LogP contribution in [0, 0.1) is 0 Å². The Morgan fingerprint density at radius 1 is 1.07 bits per heavy atom. The number of hydrogen-bond acceptors (Lipinski definition) is 5. The lowest BCUT2D eigenvalue weighted by Gasteiger charge is -2.28. The van der Waals surface area contributed by atoms with E-state index in [1.807, 2.05) is 43.3 Å². The number of hydrogen-bond donors (Lipinski definition) is 3. The van der Waals surface area contributed by atoms with Crippen molar-refractivity contribution >= 4 is 40.6 Å². The second kappa shape index (κ2) is 10.2. The number of anilines is 3. The highest BCUT2D eigenvalue weighted by molar-refractivity contribution is 8.00. The average molecular weight is 413 g/mol. The van der Waals surface area contributed by atoms with Crippen molar-refractivity contribution in [3.63, 3.8) is 0 Å². The molecular weight excluding hydrogens is 384 g/mol. The number of para-hydroxylation sites is 1. The highest BCUT2D eigenvalue weighted by atomic mass is 32.2. The van der Waals surface area contributed by atoms with Gasteiger partial charge in [-0.2, -0.15) is 0 Å². The zero-order valence-electron chi connectivity index (χ0n) is 16.7. The van der Waals surface area contributed by atoms with E-state index in [0.717, 1.165) is 29.4 Å². The average Bonchev–Trinajstić information content (AvgIpc) is 2.74. The largest absolute Gasteiger partial charge is 0.373 e. The van der Waals surface area contributed by atoms with Gasteiger partial charge < -0.3 is 21.3 Å². The molecule has 1 saturated heterocycles. The van der Waals surface area contributed by atoms with Gasteiger partial charge in [0.05, 0.1) is 5.75 Å². The topological polar surface area (TPSA) is 87.5 Å². The Hall–Kier alpha value is -2.67. The summed E-state index contributed by atoms with van der Waals surface area (Å²) in [5.74, 6) is -0.295. The molecule has 0 unspecified atom stereocenters. The third kappa shape index (κ3) is 6.15. The maximum Gasteiger partial charge on any atom is 0.246 e. The number of primary amides is 1. The Balaban J connectivity index is 1.57. The minimum Gasteiger partial charge on any atom is -0.373 e. The Kier molecular flexibility index (Phi) is 7.41. The standard InChI is InChI=1S/C22H28N4O2S/c1-16(24-19-7-3-4-8-20(19)29-15-21(23)27)22(28)25-17-9-11-18(12-10-17)26-13-5-2-6-14-26/h3-4,7-12,16,24H,2,5-6,13-15H2,1H3,(H2,23,27)(H,25,28)/t16-/m0/s1. The summed E-state index contributed by atoms with van der Waals surface area (Å²) >= 11 is 1.35. The van der Waals surface area contributed by atoms with Crippen molar-refractivity contribution in [2.75, 3.05) is 34.4 Å². The van der Waals surface area contributed by atoms with Crippen LogP contribution in [0.2, 0.25) is 0 Å². The van der Waals surface area contributed by atoms with Gasteiger partial charge in [0.25, 0.3) is 0 Å². The molecule has 7 heteroatoms. The zero-order valence-corrected chi connectivity index (χ0v) is 17.5. The van der Waals surface area contributed by atoms with Crippen molar-refractivity contribution in [1.29, 1.82) is 0 Å². The summed E-state index contributed by atoms with van der Waals surface area (Å²) in [4.78, 5) is 26.9.